The normalized spacial score (nSPS) is 19.5. The minimum absolute atomic E-state index is 0.195. The summed E-state index contributed by atoms with van der Waals surface area (Å²) in [5, 5.41) is 5.59. The fourth-order valence-corrected chi connectivity index (χ4v) is 5.98. The average molecular weight is 443 g/mol. The fourth-order valence-electron chi connectivity index (χ4n) is 5.14. The molecule has 0 unspecified atom stereocenters. The Hall–Kier alpha value is -2.45. The highest BCUT2D eigenvalue weighted by Gasteiger charge is 2.42. The van der Waals surface area contributed by atoms with Gasteiger partial charge in [-0.2, -0.15) is 5.10 Å². The lowest BCUT2D eigenvalue weighted by atomic mass is 9.78. The van der Waals surface area contributed by atoms with Crippen LogP contribution in [0.2, 0.25) is 0 Å². The highest BCUT2D eigenvalue weighted by Crippen LogP contribution is 2.43. The van der Waals surface area contributed by atoms with Crippen LogP contribution in [0.5, 0.6) is 0 Å². The summed E-state index contributed by atoms with van der Waals surface area (Å²) in [5.41, 5.74) is 4.43. The molecule has 164 valence electrons. The molecule has 2 fully saturated rings. The summed E-state index contributed by atoms with van der Waals surface area (Å²) in [6.45, 7) is 5.30. The van der Waals surface area contributed by atoms with Gasteiger partial charge in [0.15, 0.2) is 0 Å². The van der Waals surface area contributed by atoms with Crippen molar-refractivity contribution in [3.8, 4) is 5.69 Å². The van der Waals surface area contributed by atoms with Crippen molar-refractivity contribution in [3.05, 3.63) is 54.0 Å². The maximum atomic E-state index is 13.3. The summed E-state index contributed by atoms with van der Waals surface area (Å²) in [4.78, 5) is 2.44. The Bertz CT molecular complexity index is 1230. The topological polar surface area (TPSA) is 58.4 Å². The van der Waals surface area contributed by atoms with E-state index in [0.717, 1.165) is 48.9 Å². The molecule has 3 aromatic rings. The largest absolute Gasteiger partial charge is 0.371 e. The Kier molecular flexibility index (Phi) is 4.82. The Balaban J connectivity index is 1.39. The second-order valence-corrected chi connectivity index (χ2v) is 11.0. The van der Waals surface area contributed by atoms with Gasteiger partial charge in [0.1, 0.15) is 5.82 Å². The van der Waals surface area contributed by atoms with Crippen LogP contribution in [-0.4, -0.2) is 54.9 Å². The van der Waals surface area contributed by atoms with Crippen molar-refractivity contribution < 1.29 is 12.8 Å². The van der Waals surface area contributed by atoms with Crippen LogP contribution in [0.4, 0.5) is 10.1 Å². The number of piperidine rings is 1. The zero-order valence-electron chi connectivity index (χ0n) is 17.9. The summed E-state index contributed by atoms with van der Waals surface area (Å²) < 4.78 is 40.5. The number of hydrogen-bond donors (Lipinski definition) is 0. The third kappa shape index (κ3) is 3.72. The molecule has 0 radical (unpaired) electrons. The van der Waals surface area contributed by atoms with Crippen molar-refractivity contribution >= 4 is 26.6 Å². The standard InChI is InChI=1S/C23H27FN4O2S/c1-17-13-22-18(15-25-28(22)20-5-3-19(24)4-6-20)14-21(17)26-10-7-23(16-26)8-11-27(12-9-23)31(2,29)30/h3-6,13-15H,7-12,16H2,1-2H3. The van der Waals surface area contributed by atoms with E-state index in [-0.39, 0.29) is 11.2 Å². The maximum Gasteiger partial charge on any atom is 0.211 e. The van der Waals surface area contributed by atoms with Gasteiger partial charge >= 0.3 is 0 Å². The number of halogens is 1. The molecular weight excluding hydrogens is 415 g/mol. The second-order valence-electron chi connectivity index (χ2n) is 9.06. The molecule has 0 bridgehead atoms. The van der Waals surface area contributed by atoms with Crippen molar-refractivity contribution in [2.45, 2.75) is 26.2 Å². The van der Waals surface area contributed by atoms with Crippen LogP contribution in [0.1, 0.15) is 24.8 Å². The van der Waals surface area contributed by atoms with E-state index in [4.69, 9.17) is 0 Å². The SMILES string of the molecule is Cc1cc2c(cnn2-c2ccc(F)cc2)cc1N1CCC2(CCN(S(C)(=O)=O)CC2)C1. The second kappa shape index (κ2) is 7.31. The molecule has 0 amide bonds. The molecule has 2 aromatic carbocycles. The Morgan fingerprint density at radius 1 is 1.03 bits per heavy atom. The Labute approximate surface area is 182 Å². The third-order valence-corrected chi connectivity index (χ3v) is 8.29. The van der Waals surface area contributed by atoms with Crippen LogP contribution >= 0.6 is 0 Å². The average Bonchev–Trinajstić information content (AvgIpc) is 3.32. The van der Waals surface area contributed by atoms with Gasteiger partial charge in [-0.1, -0.05) is 0 Å². The van der Waals surface area contributed by atoms with Crippen molar-refractivity contribution in [1.82, 2.24) is 14.1 Å². The highest BCUT2D eigenvalue weighted by molar-refractivity contribution is 7.88. The first kappa shape index (κ1) is 20.5. The molecule has 2 saturated heterocycles. The zero-order valence-corrected chi connectivity index (χ0v) is 18.7. The minimum atomic E-state index is -3.10. The molecular formula is C23H27FN4O2S. The van der Waals surface area contributed by atoms with E-state index in [1.54, 1.807) is 16.4 Å². The molecule has 3 heterocycles. The van der Waals surface area contributed by atoms with Crippen molar-refractivity contribution in [2.75, 3.05) is 37.3 Å². The van der Waals surface area contributed by atoms with Crippen molar-refractivity contribution in [2.24, 2.45) is 5.41 Å². The number of nitrogens with zero attached hydrogens (tertiary/aromatic N) is 4. The van der Waals surface area contributed by atoms with Crippen molar-refractivity contribution in [1.29, 1.82) is 0 Å². The van der Waals surface area contributed by atoms with Gasteiger partial charge < -0.3 is 4.90 Å². The first-order valence-electron chi connectivity index (χ1n) is 10.7. The van der Waals surface area contributed by atoms with Gasteiger partial charge in [-0.3, -0.25) is 0 Å². The van der Waals surface area contributed by atoms with E-state index in [9.17, 15) is 12.8 Å². The molecule has 0 aliphatic carbocycles. The smallest absolute Gasteiger partial charge is 0.211 e. The maximum absolute atomic E-state index is 13.3. The molecule has 31 heavy (non-hydrogen) atoms. The zero-order chi connectivity index (χ0) is 21.8. The van der Waals surface area contributed by atoms with E-state index in [0.29, 0.717) is 13.1 Å². The summed E-state index contributed by atoms with van der Waals surface area (Å²) in [7, 11) is -3.10. The van der Waals surface area contributed by atoms with Gasteiger partial charge in [-0.25, -0.2) is 21.8 Å². The Morgan fingerprint density at radius 3 is 2.39 bits per heavy atom. The van der Waals surface area contributed by atoms with E-state index in [2.05, 4.69) is 29.1 Å². The van der Waals surface area contributed by atoms with Crippen LogP contribution in [0.3, 0.4) is 0 Å². The lowest BCUT2D eigenvalue weighted by Gasteiger charge is -2.38. The van der Waals surface area contributed by atoms with Gasteiger partial charge in [0.2, 0.25) is 10.0 Å². The first-order valence-corrected chi connectivity index (χ1v) is 12.5. The number of aromatic nitrogens is 2. The van der Waals surface area contributed by atoms with Crippen LogP contribution in [-0.2, 0) is 10.0 Å². The number of benzene rings is 2. The summed E-state index contributed by atoms with van der Waals surface area (Å²) in [6.07, 6.45) is 6.09. The molecule has 2 aliphatic heterocycles. The molecule has 8 heteroatoms. The Morgan fingerprint density at radius 2 is 1.71 bits per heavy atom. The molecule has 0 N–H and O–H groups in total. The lowest BCUT2D eigenvalue weighted by molar-refractivity contribution is 0.177. The predicted octanol–water partition coefficient (Wildman–Crippen LogP) is 3.72. The van der Waals surface area contributed by atoms with Gasteiger partial charge in [0, 0.05) is 37.3 Å². The number of rotatable bonds is 3. The first-order chi connectivity index (χ1) is 14.7. The molecule has 1 aromatic heterocycles. The predicted molar refractivity (Wildman–Crippen MR) is 121 cm³/mol. The van der Waals surface area contributed by atoms with Crippen LogP contribution in [0.25, 0.3) is 16.6 Å². The van der Waals surface area contributed by atoms with Gasteiger partial charge in [0.05, 0.1) is 23.7 Å². The molecule has 6 nitrogen and oxygen atoms in total. The van der Waals surface area contributed by atoms with E-state index in [1.165, 1.54) is 29.6 Å². The van der Waals surface area contributed by atoms with Crippen LogP contribution in [0.15, 0.2) is 42.6 Å². The number of hydrogen-bond acceptors (Lipinski definition) is 4. The minimum Gasteiger partial charge on any atom is -0.371 e. The van der Waals surface area contributed by atoms with Crippen LogP contribution < -0.4 is 4.90 Å². The molecule has 1 spiro atoms. The van der Waals surface area contributed by atoms with Gasteiger partial charge in [-0.15, -0.1) is 0 Å². The van der Waals surface area contributed by atoms with Crippen LogP contribution in [0, 0.1) is 18.2 Å². The number of sulfonamides is 1. The number of anilines is 1. The highest BCUT2D eigenvalue weighted by atomic mass is 32.2. The summed E-state index contributed by atoms with van der Waals surface area (Å²) in [6, 6.07) is 10.7. The fraction of sp³-hybridized carbons (Fsp3) is 0.435. The molecule has 5 rings (SSSR count). The molecule has 0 saturated carbocycles. The van der Waals surface area contributed by atoms with Gasteiger partial charge in [0.25, 0.3) is 0 Å². The monoisotopic (exact) mass is 442 g/mol. The quantitative estimate of drug-likeness (QED) is 0.620. The van der Waals surface area contributed by atoms with E-state index < -0.39 is 10.0 Å². The lowest BCUT2D eigenvalue weighted by Crippen LogP contribution is -2.43. The van der Waals surface area contributed by atoms with Crippen molar-refractivity contribution in [3.63, 3.8) is 0 Å². The number of aryl methyl sites for hydroxylation is 1. The molecule has 2 aliphatic rings. The third-order valence-electron chi connectivity index (χ3n) is 6.99. The summed E-state index contributed by atoms with van der Waals surface area (Å²) in [5.74, 6) is -0.260. The molecule has 0 atom stereocenters. The summed E-state index contributed by atoms with van der Waals surface area (Å²) >= 11 is 0. The van der Waals surface area contributed by atoms with E-state index >= 15 is 0 Å². The van der Waals surface area contributed by atoms with E-state index in [1.807, 2.05) is 10.9 Å². The van der Waals surface area contributed by atoms with Gasteiger partial charge in [-0.05, 0) is 73.6 Å². The number of fused-ring (bicyclic) bond motifs is 1.